The van der Waals surface area contributed by atoms with Crippen molar-refractivity contribution in [3.8, 4) is 0 Å². The highest BCUT2D eigenvalue weighted by Crippen LogP contribution is 2.19. The number of nitrogens with one attached hydrogen (secondary N) is 2. The Balaban J connectivity index is 1.63. The number of imidazole rings is 1. The van der Waals surface area contributed by atoms with Gasteiger partial charge < -0.3 is 0 Å². The molecule has 2 N–H and O–H groups in total. The number of benzene rings is 1. The van der Waals surface area contributed by atoms with Crippen LogP contribution in [0.15, 0.2) is 29.4 Å². The number of carbonyl (C=O) groups is 1. The molecule has 0 saturated carbocycles. The first kappa shape index (κ1) is 15.0. The Hall–Kier alpha value is -1.93. The summed E-state index contributed by atoms with van der Waals surface area (Å²) >= 11 is 2.88. The average molecular weight is 334 g/mol. The van der Waals surface area contributed by atoms with Gasteiger partial charge in [0.1, 0.15) is 5.01 Å². The minimum atomic E-state index is -0.0811. The van der Waals surface area contributed by atoms with E-state index in [0.717, 1.165) is 27.6 Å². The van der Waals surface area contributed by atoms with E-state index in [4.69, 9.17) is 0 Å². The van der Waals surface area contributed by atoms with Gasteiger partial charge in [-0.1, -0.05) is 30.4 Å². The molecule has 0 atom stereocenters. The number of anilines is 1. The van der Waals surface area contributed by atoms with Gasteiger partial charge in [0.25, 0.3) is 0 Å². The van der Waals surface area contributed by atoms with Gasteiger partial charge in [0.15, 0.2) is 11.0 Å². The second-order valence-electron chi connectivity index (χ2n) is 4.70. The van der Waals surface area contributed by atoms with Crippen molar-refractivity contribution in [3.05, 3.63) is 29.3 Å². The van der Waals surface area contributed by atoms with Crippen molar-refractivity contribution in [3.63, 3.8) is 0 Å². The average Bonchev–Trinajstić information content (AvgIpc) is 3.10. The molecule has 2 aromatic heterocycles. The molecular formula is C14H16N5OS2+. The molecule has 6 nitrogen and oxygen atoms in total. The van der Waals surface area contributed by atoms with Crippen molar-refractivity contribution < 1.29 is 9.36 Å². The molecule has 0 saturated heterocycles. The van der Waals surface area contributed by atoms with Gasteiger partial charge in [0.05, 0.1) is 12.8 Å². The van der Waals surface area contributed by atoms with E-state index in [2.05, 4.69) is 20.5 Å². The first-order valence-corrected chi connectivity index (χ1v) is 8.69. The van der Waals surface area contributed by atoms with Gasteiger partial charge in [0.2, 0.25) is 11.0 Å². The van der Waals surface area contributed by atoms with E-state index in [1.165, 1.54) is 23.1 Å². The zero-order valence-electron chi connectivity index (χ0n) is 12.3. The van der Waals surface area contributed by atoms with Gasteiger partial charge in [0, 0.05) is 0 Å². The lowest BCUT2D eigenvalue weighted by molar-refractivity contribution is -0.683. The van der Waals surface area contributed by atoms with Gasteiger partial charge in [-0.2, -0.15) is 0 Å². The Morgan fingerprint density at radius 3 is 2.95 bits per heavy atom. The zero-order valence-corrected chi connectivity index (χ0v) is 13.9. The van der Waals surface area contributed by atoms with E-state index in [9.17, 15) is 4.79 Å². The molecule has 0 radical (unpaired) electrons. The molecule has 0 bridgehead atoms. The zero-order chi connectivity index (χ0) is 15.5. The first-order valence-electron chi connectivity index (χ1n) is 6.89. The minimum absolute atomic E-state index is 0.0811. The fourth-order valence-electron chi connectivity index (χ4n) is 2.05. The van der Waals surface area contributed by atoms with Crippen LogP contribution in [0.1, 0.15) is 11.9 Å². The lowest BCUT2D eigenvalue weighted by Gasteiger charge is -1.98. The lowest BCUT2D eigenvalue weighted by atomic mass is 10.3. The molecular weight excluding hydrogens is 318 g/mol. The normalized spacial score (nSPS) is 11.0. The van der Waals surface area contributed by atoms with Crippen LogP contribution in [0.2, 0.25) is 0 Å². The molecule has 0 aliphatic rings. The molecule has 0 unspecified atom stereocenters. The van der Waals surface area contributed by atoms with Crippen LogP contribution >= 0.6 is 23.1 Å². The summed E-state index contributed by atoms with van der Waals surface area (Å²) in [6, 6.07) is 8.05. The summed E-state index contributed by atoms with van der Waals surface area (Å²) in [6.45, 7) is 2.01. The number of carbonyl (C=O) groups excluding carboxylic acids is 1. The Morgan fingerprint density at radius 1 is 1.41 bits per heavy atom. The lowest BCUT2D eigenvalue weighted by Crippen LogP contribution is -2.29. The number of thioether (sulfide) groups is 1. The van der Waals surface area contributed by atoms with Gasteiger partial charge in [-0.05, 0) is 30.3 Å². The number of fused-ring (bicyclic) bond motifs is 1. The van der Waals surface area contributed by atoms with Gasteiger partial charge in [-0.15, -0.1) is 10.2 Å². The SMILES string of the molecule is CCc1nnc(NC(=O)CSc2[nH]c3ccccc3[n+]2C)s1. The second kappa shape index (κ2) is 6.45. The summed E-state index contributed by atoms with van der Waals surface area (Å²) in [6.07, 6.45) is 0.827. The third-order valence-corrected chi connectivity index (χ3v) is 5.21. The van der Waals surface area contributed by atoms with Gasteiger partial charge >= 0.3 is 5.16 Å². The summed E-state index contributed by atoms with van der Waals surface area (Å²) in [5.41, 5.74) is 2.17. The van der Waals surface area contributed by atoms with Crippen molar-refractivity contribution in [1.82, 2.24) is 15.2 Å². The van der Waals surface area contributed by atoms with E-state index >= 15 is 0 Å². The van der Waals surface area contributed by atoms with Crippen LogP contribution < -0.4 is 9.88 Å². The fraction of sp³-hybridized carbons (Fsp3) is 0.286. The number of aromatic nitrogens is 4. The topological polar surface area (TPSA) is 74.5 Å². The molecule has 1 aromatic carbocycles. The maximum absolute atomic E-state index is 12.0. The maximum Gasteiger partial charge on any atom is 0.317 e. The molecule has 114 valence electrons. The molecule has 0 spiro atoms. The van der Waals surface area contributed by atoms with E-state index in [1.54, 1.807) is 0 Å². The molecule has 0 fully saturated rings. The maximum atomic E-state index is 12.0. The summed E-state index contributed by atoms with van der Waals surface area (Å²) in [5.74, 6) is 0.240. The Bertz CT molecular complexity index is 811. The predicted octanol–water partition coefficient (Wildman–Crippen LogP) is 2.14. The predicted molar refractivity (Wildman–Crippen MR) is 88.1 cm³/mol. The highest BCUT2D eigenvalue weighted by molar-refractivity contribution is 7.99. The fourth-order valence-corrected chi connectivity index (χ4v) is 3.56. The van der Waals surface area contributed by atoms with Crippen LogP contribution in [-0.2, 0) is 18.3 Å². The third-order valence-electron chi connectivity index (χ3n) is 3.17. The van der Waals surface area contributed by atoms with Crippen LogP contribution in [-0.4, -0.2) is 26.8 Å². The van der Waals surface area contributed by atoms with Crippen LogP contribution in [0.3, 0.4) is 0 Å². The summed E-state index contributed by atoms with van der Waals surface area (Å²) in [5, 5.41) is 13.1. The Kier molecular flexibility index (Phi) is 4.39. The number of para-hydroxylation sites is 2. The van der Waals surface area contributed by atoms with Gasteiger partial charge in [-0.3, -0.25) is 10.1 Å². The van der Waals surface area contributed by atoms with E-state index < -0.39 is 0 Å². The minimum Gasteiger partial charge on any atom is -0.300 e. The van der Waals surface area contributed by atoms with Crippen LogP contribution in [0.5, 0.6) is 0 Å². The molecule has 1 amide bonds. The third kappa shape index (κ3) is 3.12. The van der Waals surface area contributed by atoms with Crippen LogP contribution in [0.25, 0.3) is 11.0 Å². The van der Waals surface area contributed by atoms with Crippen molar-refractivity contribution in [2.24, 2.45) is 7.05 Å². The molecule has 3 rings (SSSR count). The number of aryl methyl sites for hydroxylation is 2. The van der Waals surface area contributed by atoms with Crippen molar-refractivity contribution in [2.75, 3.05) is 11.1 Å². The molecule has 2 heterocycles. The summed E-state index contributed by atoms with van der Waals surface area (Å²) < 4.78 is 2.05. The number of hydrogen-bond acceptors (Lipinski definition) is 5. The number of hydrogen-bond donors (Lipinski definition) is 2. The highest BCUT2D eigenvalue weighted by Gasteiger charge is 2.17. The largest absolute Gasteiger partial charge is 0.317 e. The standard InChI is InChI=1S/C14H15N5OS2/c1-3-12-17-18-13(22-12)16-11(20)8-21-14-15-9-6-4-5-7-10(9)19(14)2/h4-7H,3,8H2,1-2H3,(H,16,18,20)/p+1. The summed E-state index contributed by atoms with van der Waals surface area (Å²) in [7, 11) is 1.98. The number of H-pyrrole nitrogens is 1. The number of rotatable bonds is 5. The van der Waals surface area contributed by atoms with Crippen LogP contribution in [0.4, 0.5) is 5.13 Å². The monoisotopic (exact) mass is 334 g/mol. The molecule has 0 aliphatic carbocycles. The van der Waals surface area contributed by atoms with E-state index in [1.807, 2.05) is 42.8 Å². The number of aromatic amines is 1. The van der Waals surface area contributed by atoms with Crippen molar-refractivity contribution in [1.29, 1.82) is 0 Å². The molecule has 3 aromatic rings. The number of nitrogens with zero attached hydrogens (tertiary/aromatic N) is 3. The van der Waals surface area contributed by atoms with Crippen molar-refractivity contribution >= 4 is 45.2 Å². The smallest absolute Gasteiger partial charge is 0.300 e. The van der Waals surface area contributed by atoms with Crippen LogP contribution in [0, 0.1) is 0 Å². The molecule has 22 heavy (non-hydrogen) atoms. The quantitative estimate of drug-likeness (QED) is 0.554. The molecule has 8 heteroatoms. The number of amides is 1. The van der Waals surface area contributed by atoms with E-state index in [0.29, 0.717) is 10.9 Å². The van der Waals surface area contributed by atoms with Crippen molar-refractivity contribution in [2.45, 2.75) is 18.5 Å². The Morgan fingerprint density at radius 2 is 2.23 bits per heavy atom. The summed E-state index contributed by atoms with van der Waals surface area (Å²) in [4.78, 5) is 15.3. The highest BCUT2D eigenvalue weighted by atomic mass is 32.2. The Labute approximate surface area is 136 Å². The van der Waals surface area contributed by atoms with E-state index in [-0.39, 0.29) is 5.91 Å². The first-order chi connectivity index (χ1) is 10.7. The molecule has 0 aliphatic heterocycles. The second-order valence-corrected chi connectivity index (χ2v) is 6.72. The van der Waals surface area contributed by atoms with Gasteiger partial charge in [-0.25, -0.2) is 9.55 Å².